The Kier molecular flexibility index (Phi) is 2.59. The van der Waals surface area contributed by atoms with Gasteiger partial charge in [0.2, 0.25) is 0 Å². The lowest BCUT2D eigenvalue weighted by molar-refractivity contribution is 0.909. The van der Waals surface area contributed by atoms with E-state index < -0.39 is 0 Å². The molecule has 4 heteroatoms. The number of aromatic nitrogens is 1. The molecule has 0 atom stereocenters. The van der Waals surface area contributed by atoms with Crippen molar-refractivity contribution in [1.29, 1.82) is 5.41 Å². The van der Waals surface area contributed by atoms with E-state index >= 15 is 0 Å². The predicted molar refractivity (Wildman–Crippen MR) is 47.1 cm³/mol. The second-order valence-corrected chi connectivity index (χ2v) is 3.40. The third-order valence-corrected chi connectivity index (χ3v) is 2.37. The van der Waals surface area contributed by atoms with Gasteiger partial charge in [0.25, 0.3) is 0 Å². The van der Waals surface area contributed by atoms with Gasteiger partial charge < -0.3 is 5.73 Å². The van der Waals surface area contributed by atoms with Gasteiger partial charge in [-0.3, -0.25) is 5.41 Å². The molecule has 0 radical (unpaired) electrons. The Balaban J connectivity index is 2.73. The van der Waals surface area contributed by atoms with Crippen molar-refractivity contribution in [1.82, 2.24) is 4.98 Å². The van der Waals surface area contributed by atoms with Crippen LogP contribution in [0.15, 0.2) is 6.20 Å². The van der Waals surface area contributed by atoms with Gasteiger partial charge in [-0.1, -0.05) is 6.92 Å². The van der Waals surface area contributed by atoms with Crippen LogP contribution >= 0.6 is 11.3 Å². The highest BCUT2D eigenvalue weighted by molar-refractivity contribution is 7.13. The van der Waals surface area contributed by atoms with Crippen LogP contribution < -0.4 is 5.73 Å². The quantitative estimate of drug-likeness (QED) is 0.530. The van der Waals surface area contributed by atoms with E-state index in [1.807, 2.05) is 0 Å². The van der Waals surface area contributed by atoms with Gasteiger partial charge in [-0.15, -0.1) is 11.3 Å². The van der Waals surface area contributed by atoms with Crippen molar-refractivity contribution in [2.24, 2.45) is 5.73 Å². The lowest BCUT2D eigenvalue weighted by Crippen LogP contribution is -2.08. The zero-order chi connectivity index (χ0) is 8.27. The van der Waals surface area contributed by atoms with Gasteiger partial charge in [0.1, 0.15) is 5.84 Å². The summed E-state index contributed by atoms with van der Waals surface area (Å²) in [6, 6.07) is 0. The molecule has 1 heterocycles. The highest BCUT2D eigenvalue weighted by Gasteiger charge is 2.02. The first-order valence-electron chi connectivity index (χ1n) is 3.53. The van der Waals surface area contributed by atoms with Crippen LogP contribution in [-0.4, -0.2) is 10.8 Å². The number of rotatable bonds is 3. The fourth-order valence-electron chi connectivity index (χ4n) is 0.764. The summed E-state index contributed by atoms with van der Waals surface area (Å²) in [5.41, 5.74) is 5.28. The number of thiazole rings is 1. The molecule has 0 saturated carbocycles. The van der Waals surface area contributed by atoms with Crippen molar-refractivity contribution in [3.8, 4) is 0 Å². The Morgan fingerprint density at radius 2 is 2.55 bits per heavy atom. The summed E-state index contributed by atoms with van der Waals surface area (Å²) in [5, 5.41) is 8.20. The summed E-state index contributed by atoms with van der Waals surface area (Å²) in [5.74, 6) is 0.116. The van der Waals surface area contributed by atoms with E-state index in [2.05, 4.69) is 11.9 Å². The molecular weight excluding hydrogens is 158 g/mol. The van der Waals surface area contributed by atoms with Crippen molar-refractivity contribution >= 4 is 17.2 Å². The highest BCUT2D eigenvalue weighted by atomic mass is 32.1. The fourth-order valence-corrected chi connectivity index (χ4v) is 1.65. The van der Waals surface area contributed by atoms with Crippen molar-refractivity contribution < 1.29 is 0 Å². The van der Waals surface area contributed by atoms with Gasteiger partial charge >= 0.3 is 0 Å². The Hall–Kier alpha value is -0.900. The van der Waals surface area contributed by atoms with E-state index in [0.717, 1.165) is 22.7 Å². The molecule has 60 valence electrons. The smallest absolute Gasteiger partial charge is 0.134 e. The monoisotopic (exact) mass is 169 g/mol. The molecule has 3 N–H and O–H groups in total. The molecule has 1 rings (SSSR count). The largest absolute Gasteiger partial charge is 0.383 e. The summed E-state index contributed by atoms with van der Waals surface area (Å²) in [6.07, 6.45) is 3.74. The third-order valence-electron chi connectivity index (χ3n) is 1.28. The fraction of sp³-hybridized carbons (Fsp3) is 0.429. The number of hydrogen-bond donors (Lipinski definition) is 2. The van der Waals surface area contributed by atoms with Gasteiger partial charge in [-0.05, 0) is 12.8 Å². The van der Waals surface area contributed by atoms with E-state index in [1.54, 1.807) is 6.20 Å². The van der Waals surface area contributed by atoms with E-state index in [0.29, 0.717) is 0 Å². The van der Waals surface area contributed by atoms with Gasteiger partial charge in [0.15, 0.2) is 0 Å². The molecule has 1 aromatic rings. The van der Waals surface area contributed by atoms with Crippen LogP contribution in [0.5, 0.6) is 0 Å². The molecule has 3 nitrogen and oxygen atoms in total. The molecule has 0 fully saturated rings. The highest BCUT2D eigenvalue weighted by Crippen LogP contribution is 2.13. The van der Waals surface area contributed by atoms with Crippen molar-refractivity contribution in [3.63, 3.8) is 0 Å². The summed E-state index contributed by atoms with van der Waals surface area (Å²) >= 11 is 1.50. The van der Waals surface area contributed by atoms with E-state index in [1.165, 1.54) is 11.3 Å². The number of nitrogens with one attached hydrogen (secondary N) is 1. The summed E-state index contributed by atoms with van der Waals surface area (Å²) in [4.78, 5) is 4.90. The van der Waals surface area contributed by atoms with Crippen LogP contribution in [0.4, 0.5) is 0 Å². The first-order valence-corrected chi connectivity index (χ1v) is 4.34. The number of nitrogens with zero attached hydrogens (tertiary/aromatic N) is 1. The molecule has 0 amide bonds. The molecule has 0 aliphatic heterocycles. The van der Waals surface area contributed by atoms with Gasteiger partial charge in [-0.25, -0.2) is 4.98 Å². The number of nitrogen functional groups attached to an aromatic ring is 1. The Bertz CT molecular complexity index is 254. The van der Waals surface area contributed by atoms with Crippen LogP contribution in [-0.2, 0) is 6.42 Å². The molecule has 0 aromatic carbocycles. The second kappa shape index (κ2) is 3.48. The maximum absolute atomic E-state index is 7.13. The molecule has 1 aromatic heterocycles. The van der Waals surface area contributed by atoms with Crippen molar-refractivity contribution in [2.45, 2.75) is 19.8 Å². The molecule has 11 heavy (non-hydrogen) atoms. The summed E-state index contributed by atoms with van der Waals surface area (Å²) in [6.45, 7) is 2.11. The topological polar surface area (TPSA) is 62.8 Å². The maximum atomic E-state index is 7.13. The summed E-state index contributed by atoms with van der Waals surface area (Å²) < 4.78 is 0. The molecule has 0 saturated heterocycles. The molecule has 0 bridgehead atoms. The van der Waals surface area contributed by atoms with Crippen molar-refractivity contribution in [2.75, 3.05) is 0 Å². The van der Waals surface area contributed by atoms with Crippen LogP contribution in [0.1, 0.15) is 23.2 Å². The van der Waals surface area contributed by atoms with Crippen LogP contribution in [0.3, 0.4) is 0 Å². The molecular formula is C7H11N3S. The minimum absolute atomic E-state index is 0.116. The zero-order valence-electron chi connectivity index (χ0n) is 6.42. The number of hydrogen-bond acceptors (Lipinski definition) is 3. The predicted octanol–water partition coefficient (Wildman–Crippen LogP) is 1.38. The van der Waals surface area contributed by atoms with Gasteiger partial charge in [0.05, 0.1) is 9.88 Å². The maximum Gasteiger partial charge on any atom is 0.134 e. The minimum atomic E-state index is 0.116. The van der Waals surface area contributed by atoms with Crippen LogP contribution in [0.25, 0.3) is 0 Å². The van der Waals surface area contributed by atoms with E-state index in [-0.39, 0.29) is 5.84 Å². The molecule has 0 unspecified atom stereocenters. The van der Waals surface area contributed by atoms with Gasteiger partial charge in [0, 0.05) is 6.20 Å². The first kappa shape index (κ1) is 8.20. The van der Waals surface area contributed by atoms with Gasteiger partial charge in [-0.2, -0.15) is 0 Å². The standard InChI is InChI=1S/C7H11N3S/c1-2-3-6-10-4-5(11-6)7(8)9/h4H,2-3H2,1H3,(H3,8,9). The average Bonchev–Trinajstić information content (AvgIpc) is 2.37. The third kappa shape index (κ3) is 2.01. The molecule has 0 aliphatic rings. The second-order valence-electron chi connectivity index (χ2n) is 2.28. The Morgan fingerprint density at radius 1 is 1.82 bits per heavy atom. The summed E-state index contributed by atoms with van der Waals surface area (Å²) in [7, 11) is 0. The SMILES string of the molecule is CCCc1ncc(C(=N)N)s1. The lowest BCUT2D eigenvalue weighted by Gasteiger charge is -1.87. The van der Waals surface area contributed by atoms with Crippen LogP contribution in [0, 0.1) is 5.41 Å². The average molecular weight is 169 g/mol. The zero-order valence-corrected chi connectivity index (χ0v) is 7.24. The Labute approximate surface area is 69.8 Å². The van der Waals surface area contributed by atoms with E-state index in [9.17, 15) is 0 Å². The first-order chi connectivity index (χ1) is 5.24. The molecule has 0 spiro atoms. The lowest BCUT2D eigenvalue weighted by atomic mass is 10.4. The number of aryl methyl sites for hydroxylation is 1. The minimum Gasteiger partial charge on any atom is -0.383 e. The Morgan fingerprint density at radius 3 is 3.00 bits per heavy atom. The normalized spacial score (nSPS) is 9.91. The van der Waals surface area contributed by atoms with E-state index in [4.69, 9.17) is 11.1 Å². The molecule has 0 aliphatic carbocycles. The number of nitrogens with two attached hydrogens (primary N) is 1. The number of amidine groups is 1. The van der Waals surface area contributed by atoms with Crippen LogP contribution in [0.2, 0.25) is 0 Å². The van der Waals surface area contributed by atoms with Crippen molar-refractivity contribution in [3.05, 3.63) is 16.1 Å².